The van der Waals surface area contributed by atoms with Crippen LogP contribution in [-0.4, -0.2) is 25.7 Å². The highest BCUT2D eigenvalue weighted by molar-refractivity contribution is 5.37. The molecule has 0 aromatic heterocycles. The van der Waals surface area contributed by atoms with Gasteiger partial charge in [-0.15, -0.1) is 0 Å². The Hall–Kier alpha value is -1.86. The summed E-state index contributed by atoms with van der Waals surface area (Å²) in [6.45, 7) is 2.02. The smallest absolute Gasteiger partial charge is 0.293 e. The number of hydrogen-bond acceptors (Lipinski definition) is 4. The third-order valence-electron chi connectivity index (χ3n) is 3.65. The first-order valence-electron chi connectivity index (χ1n) is 6.53. The van der Waals surface area contributed by atoms with Crippen molar-refractivity contribution in [3.8, 4) is 6.07 Å². The molecule has 0 bridgehead atoms. The maximum absolute atomic E-state index is 10.7. The van der Waals surface area contributed by atoms with Crippen LogP contribution < -0.4 is 5.32 Å². The third-order valence-corrected chi connectivity index (χ3v) is 3.65. The van der Waals surface area contributed by atoms with E-state index in [1.807, 2.05) is 30.3 Å². The Bertz CT molecular complexity index is 447. The lowest BCUT2D eigenvalue weighted by molar-refractivity contribution is -0.134. The number of rotatable bonds is 6. The van der Waals surface area contributed by atoms with Gasteiger partial charge < -0.3 is 10.1 Å². The molecule has 2 atom stereocenters. The van der Waals surface area contributed by atoms with Crippen LogP contribution in [0.5, 0.6) is 0 Å². The van der Waals surface area contributed by atoms with E-state index >= 15 is 0 Å². The molecule has 1 fully saturated rings. The molecule has 1 saturated heterocycles. The fourth-order valence-corrected chi connectivity index (χ4v) is 2.62. The maximum atomic E-state index is 10.7. The first-order chi connectivity index (χ1) is 9.28. The highest BCUT2D eigenvalue weighted by Crippen LogP contribution is 2.31. The summed E-state index contributed by atoms with van der Waals surface area (Å²) < 4.78 is 5.18. The summed E-state index contributed by atoms with van der Waals surface area (Å²) in [6.07, 6.45) is 1.82. The van der Waals surface area contributed by atoms with Crippen molar-refractivity contribution in [3.63, 3.8) is 0 Å². The van der Waals surface area contributed by atoms with Gasteiger partial charge in [0, 0.05) is 19.4 Å². The predicted octanol–water partition coefficient (Wildman–Crippen LogP) is 1.66. The second-order valence-corrected chi connectivity index (χ2v) is 5.07. The van der Waals surface area contributed by atoms with Gasteiger partial charge in [0.25, 0.3) is 6.47 Å². The lowest BCUT2D eigenvalue weighted by atomic mass is 9.81. The number of nitrogens with zero attached hydrogens (tertiary/aromatic N) is 1. The van der Waals surface area contributed by atoms with Crippen LogP contribution in [0.3, 0.4) is 0 Å². The monoisotopic (exact) mass is 258 g/mol. The summed E-state index contributed by atoms with van der Waals surface area (Å²) in [4.78, 5) is 10.7. The Balaban J connectivity index is 2.04. The van der Waals surface area contributed by atoms with E-state index in [1.165, 1.54) is 0 Å². The molecule has 1 aliphatic heterocycles. The summed E-state index contributed by atoms with van der Waals surface area (Å²) in [7, 11) is 0. The molecule has 0 amide bonds. The summed E-state index contributed by atoms with van der Waals surface area (Å²) >= 11 is 0. The van der Waals surface area contributed by atoms with Crippen LogP contribution in [0.15, 0.2) is 30.3 Å². The summed E-state index contributed by atoms with van der Waals surface area (Å²) in [6, 6.07) is 12.3. The quantitative estimate of drug-likeness (QED) is 0.788. The van der Waals surface area contributed by atoms with Gasteiger partial charge in [-0.05, 0) is 18.5 Å². The van der Waals surface area contributed by atoms with Crippen molar-refractivity contribution >= 4 is 6.47 Å². The Morgan fingerprint density at radius 1 is 1.47 bits per heavy atom. The highest BCUT2D eigenvalue weighted by atomic mass is 16.5. The second kappa shape index (κ2) is 6.35. The number of hydrogen-bond donors (Lipinski definition) is 1. The minimum Gasteiger partial charge on any atom is -0.464 e. The van der Waals surface area contributed by atoms with Crippen molar-refractivity contribution in [3.05, 3.63) is 35.9 Å². The molecule has 1 aliphatic rings. The predicted molar refractivity (Wildman–Crippen MR) is 71.2 cm³/mol. The molecule has 100 valence electrons. The number of nitriles is 1. The number of ether oxygens (including phenoxy) is 1. The second-order valence-electron chi connectivity index (χ2n) is 5.07. The number of benzene rings is 1. The highest BCUT2D eigenvalue weighted by Gasteiger charge is 2.37. The first kappa shape index (κ1) is 13.6. The Morgan fingerprint density at radius 2 is 2.26 bits per heavy atom. The number of carbonyl (C=O) groups excluding carboxylic acids is 1. The lowest BCUT2D eigenvalue weighted by Gasteiger charge is -2.25. The van der Waals surface area contributed by atoms with Crippen molar-refractivity contribution in [1.29, 1.82) is 5.26 Å². The maximum Gasteiger partial charge on any atom is 0.293 e. The fourth-order valence-electron chi connectivity index (χ4n) is 2.62. The van der Waals surface area contributed by atoms with Crippen molar-refractivity contribution in [2.45, 2.75) is 25.4 Å². The minimum absolute atomic E-state index is 0.237. The van der Waals surface area contributed by atoms with Crippen LogP contribution in [0.1, 0.15) is 18.4 Å². The van der Waals surface area contributed by atoms with Gasteiger partial charge in [-0.25, -0.2) is 0 Å². The SMILES string of the molecule is N#CC1(CC(Cc2ccccc2)OC=O)CCNC1. The lowest BCUT2D eigenvalue weighted by Crippen LogP contribution is -2.30. The van der Waals surface area contributed by atoms with Gasteiger partial charge >= 0.3 is 0 Å². The van der Waals surface area contributed by atoms with Crippen molar-refractivity contribution in [2.75, 3.05) is 13.1 Å². The van der Waals surface area contributed by atoms with Crippen molar-refractivity contribution in [2.24, 2.45) is 5.41 Å². The average molecular weight is 258 g/mol. The van der Waals surface area contributed by atoms with Gasteiger partial charge in [0.1, 0.15) is 6.10 Å². The van der Waals surface area contributed by atoms with E-state index < -0.39 is 5.41 Å². The summed E-state index contributed by atoms with van der Waals surface area (Å²) in [5.41, 5.74) is 0.719. The van der Waals surface area contributed by atoms with Gasteiger partial charge in [0.15, 0.2) is 0 Å². The molecule has 1 aromatic rings. The molecule has 1 N–H and O–H groups in total. The number of nitrogens with one attached hydrogen (secondary N) is 1. The van der Waals surface area contributed by atoms with E-state index in [0.717, 1.165) is 18.5 Å². The van der Waals surface area contributed by atoms with Crippen LogP contribution in [0.25, 0.3) is 0 Å². The molecule has 0 spiro atoms. The largest absolute Gasteiger partial charge is 0.464 e. The molecule has 0 aliphatic carbocycles. The van der Waals surface area contributed by atoms with E-state index in [-0.39, 0.29) is 6.10 Å². The van der Waals surface area contributed by atoms with Gasteiger partial charge in [0.2, 0.25) is 0 Å². The standard InChI is InChI=1S/C15H18N2O2/c16-10-15(6-7-17-11-15)9-14(19-12-18)8-13-4-2-1-3-5-13/h1-5,12,14,17H,6-9,11H2. The van der Waals surface area contributed by atoms with Crippen LogP contribution in [0, 0.1) is 16.7 Å². The summed E-state index contributed by atoms with van der Waals surface area (Å²) in [5, 5.41) is 12.6. The van der Waals surface area contributed by atoms with E-state index in [4.69, 9.17) is 4.74 Å². The molecule has 1 heterocycles. The van der Waals surface area contributed by atoms with E-state index in [1.54, 1.807) is 0 Å². The molecule has 4 nitrogen and oxygen atoms in total. The molecule has 1 aromatic carbocycles. The zero-order chi connectivity index (χ0) is 13.6. The van der Waals surface area contributed by atoms with Gasteiger partial charge in [0.05, 0.1) is 11.5 Å². The van der Waals surface area contributed by atoms with Crippen molar-refractivity contribution < 1.29 is 9.53 Å². The molecule has 4 heteroatoms. The Labute approximate surface area is 113 Å². The molecular formula is C15H18N2O2. The van der Waals surface area contributed by atoms with Gasteiger partial charge in [-0.1, -0.05) is 30.3 Å². The molecule has 0 radical (unpaired) electrons. The van der Waals surface area contributed by atoms with Crippen molar-refractivity contribution in [1.82, 2.24) is 5.32 Å². The minimum atomic E-state index is -0.400. The molecule has 2 rings (SSSR count). The third kappa shape index (κ3) is 3.55. The zero-order valence-electron chi connectivity index (χ0n) is 10.8. The van der Waals surface area contributed by atoms with Crippen LogP contribution >= 0.6 is 0 Å². The molecule has 0 saturated carbocycles. The first-order valence-corrected chi connectivity index (χ1v) is 6.53. The molecular weight excluding hydrogens is 240 g/mol. The zero-order valence-corrected chi connectivity index (χ0v) is 10.8. The van der Waals surface area contributed by atoms with E-state index in [0.29, 0.717) is 25.9 Å². The Kier molecular flexibility index (Phi) is 4.53. The Morgan fingerprint density at radius 3 is 2.84 bits per heavy atom. The molecule has 19 heavy (non-hydrogen) atoms. The van der Waals surface area contributed by atoms with Crippen LogP contribution in [0.2, 0.25) is 0 Å². The van der Waals surface area contributed by atoms with E-state index in [2.05, 4.69) is 11.4 Å². The normalized spacial score (nSPS) is 23.5. The van der Waals surface area contributed by atoms with Crippen LogP contribution in [0.4, 0.5) is 0 Å². The molecule has 2 unspecified atom stereocenters. The topological polar surface area (TPSA) is 62.1 Å². The van der Waals surface area contributed by atoms with Gasteiger partial charge in [-0.2, -0.15) is 5.26 Å². The van der Waals surface area contributed by atoms with Gasteiger partial charge in [-0.3, -0.25) is 4.79 Å². The summed E-state index contributed by atoms with van der Waals surface area (Å²) in [5.74, 6) is 0. The average Bonchev–Trinajstić information content (AvgIpc) is 2.89. The van der Waals surface area contributed by atoms with Crippen LogP contribution in [-0.2, 0) is 16.0 Å². The fraction of sp³-hybridized carbons (Fsp3) is 0.467. The van der Waals surface area contributed by atoms with E-state index in [9.17, 15) is 10.1 Å². The number of carbonyl (C=O) groups is 1.